The van der Waals surface area contributed by atoms with Gasteiger partial charge in [0.2, 0.25) is 0 Å². The van der Waals surface area contributed by atoms with Gasteiger partial charge < -0.3 is 9.13 Å². The predicted molar refractivity (Wildman–Crippen MR) is 170 cm³/mol. The number of benzene rings is 6. The van der Waals surface area contributed by atoms with Gasteiger partial charge in [0.1, 0.15) is 0 Å². The summed E-state index contributed by atoms with van der Waals surface area (Å²) in [6, 6.07) is 50.0. The van der Waals surface area contributed by atoms with Crippen LogP contribution in [0.2, 0.25) is 0 Å². The number of hydrogen-bond acceptors (Lipinski definition) is 2. The van der Waals surface area contributed by atoms with E-state index in [4.69, 9.17) is 0 Å². The zero-order chi connectivity index (χ0) is 28.2. The Morgan fingerprint density at radius 1 is 0.429 bits per heavy atom. The Balaban J connectivity index is 1.34. The Hall–Kier alpha value is -6.10. The van der Waals surface area contributed by atoms with E-state index in [0.717, 1.165) is 55.3 Å². The summed E-state index contributed by atoms with van der Waals surface area (Å²) in [6.45, 7) is 0. The molecule has 2 aromatic heterocycles. The first kappa shape index (κ1) is 23.8. The number of hydrogen-bond donors (Lipinski definition) is 0. The highest BCUT2D eigenvalue weighted by Gasteiger charge is 2.17. The van der Waals surface area contributed by atoms with Crippen molar-refractivity contribution in [2.75, 3.05) is 0 Å². The highest BCUT2D eigenvalue weighted by atomic mass is 15.0. The van der Waals surface area contributed by atoms with Crippen LogP contribution >= 0.6 is 0 Å². The van der Waals surface area contributed by atoms with E-state index in [9.17, 15) is 10.5 Å². The molecule has 4 nitrogen and oxygen atoms in total. The molecule has 2 heterocycles. The van der Waals surface area contributed by atoms with Crippen LogP contribution < -0.4 is 0 Å². The Morgan fingerprint density at radius 3 is 1.38 bits per heavy atom. The summed E-state index contributed by atoms with van der Waals surface area (Å²) >= 11 is 0. The molecule has 0 atom stereocenters. The maximum atomic E-state index is 10.4. The molecule has 8 aromatic rings. The molecule has 0 bridgehead atoms. The predicted octanol–water partition coefficient (Wildman–Crippen LogP) is 9.29. The van der Waals surface area contributed by atoms with Crippen LogP contribution in [-0.4, -0.2) is 9.13 Å². The van der Waals surface area contributed by atoms with Gasteiger partial charge >= 0.3 is 0 Å². The van der Waals surface area contributed by atoms with Crippen LogP contribution in [0.4, 0.5) is 0 Å². The Kier molecular flexibility index (Phi) is 5.22. The maximum absolute atomic E-state index is 10.4. The largest absolute Gasteiger partial charge is 0.309 e. The van der Waals surface area contributed by atoms with Crippen molar-refractivity contribution < 1.29 is 0 Å². The van der Waals surface area contributed by atoms with E-state index >= 15 is 0 Å². The van der Waals surface area contributed by atoms with Crippen molar-refractivity contribution >= 4 is 43.6 Å². The number of para-hydroxylation sites is 4. The summed E-state index contributed by atoms with van der Waals surface area (Å²) in [5.74, 6) is 0. The fourth-order valence-corrected chi connectivity index (χ4v) is 6.38. The van der Waals surface area contributed by atoms with Crippen LogP contribution in [0.3, 0.4) is 0 Å². The van der Waals surface area contributed by atoms with E-state index < -0.39 is 0 Å². The Labute approximate surface area is 242 Å². The molecule has 0 radical (unpaired) electrons. The van der Waals surface area contributed by atoms with Crippen molar-refractivity contribution in [3.05, 3.63) is 145 Å². The third-order valence-corrected chi connectivity index (χ3v) is 8.16. The van der Waals surface area contributed by atoms with Gasteiger partial charge in [0.25, 0.3) is 0 Å². The van der Waals surface area contributed by atoms with Crippen molar-refractivity contribution in [1.82, 2.24) is 9.13 Å². The SMILES string of the molecule is N#Cc1cc(-c2ccc(-n3c4ccccc4c4ccccc43)cc2C#N)cc(-n2c3ccccc3c3ccccc32)c1. The lowest BCUT2D eigenvalue weighted by atomic mass is 9.97. The summed E-state index contributed by atoms with van der Waals surface area (Å²) in [6.07, 6.45) is 0. The van der Waals surface area contributed by atoms with Gasteiger partial charge in [-0.3, -0.25) is 0 Å². The van der Waals surface area contributed by atoms with Gasteiger partial charge in [-0.05, 0) is 65.7 Å². The van der Waals surface area contributed by atoms with Crippen LogP contribution in [0.1, 0.15) is 11.1 Å². The van der Waals surface area contributed by atoms with Gasteiger partial charge in [-0.15, -0.1) is 0 Å². The minimum atomic E-state index is 0.541. The lowest BCUT2D eigenvalue weighted by Gasteiger charge is -2.14. The van der Waals surface area contributed by atoms with Gasteiger partial charge in [-0.1, -0.05) is 78.9 Å². The van der Waals surface area contributed by atoms with Crippen molar-refractivity contribution in [2.45, 2.75) is 0 Å². The normalized spacial score (nSPS) is 11.3. The zero-order valence-corrected chi connectivity index (χ0v) is 22.5. The van der Waals surface area contributed by atoms with E-state index in [-0.39, 0.29) is 0 Å². The summed E-state index contributed by atoms with van der Waals surface area (Å²) in [7, 11) is 0. The molecule has 0 saturated carbocycles. The highest BCUT2D eigenvalue weighted by Crippen LogP contribution is 2.36. The Bertz CT molecular complexity index is 2340. The Morgan fingerprint density at radius 2 is 0.905 bits per heavy atom. The molecule has 0 fully saturated rings. The van der Waals surface area contributed by atoms with Crippen LogP contribution in [0, 0.1) is 22.7 Å². The highest BCUT2D eigenvalue weighted by molar-refractivity contribution is 6.10. The van der Waals surface area contributed by atoms with Crippen molar-refractivity contribution in [2.24, 2.45) is 0 Å². The minimum absolute atomic E-state index is 0.541. The fourth-order valence-electron chi connectivity index (χ4n) is 6.38. The van der Waals surface area contributed by atoms with Crippen LogP contribution in [0.5, 0.6) is 0 Å². The summed E-state index contributed by atoms with van der Waals surface area (Å²) < 4.78 is 4.41. The fraction of sp³-hybridized carbons (Fsp3) is 0. The lowest BCUT2D eigenvalue weighted by molar-refractivity contribution is 1.17. The molecule has 0 aliphatic heterocycles. The second-order valence-corrected chi connectivity index (χ2v) is 10.5. The first-order valence-corrected chi connectivity index (χ1v) is 13.8. The topological polar surface area (TPSA) is 57.4 Å². The van der Waals surface area contributed by atoms with Gasteiger partial charge in [-0.2, -0.15) is 10.5 Å². The molecule has 0 amide bonds. The molecular formula is C38H22N4. The molecule has 0 saturated heterocycles. The monoisotopic (exact) mass is 534 g/mol. The van der Waals surface area contributed by atoms with Crippen LogP contribution in [0.25, 0.3) is 66.1 Å². The van der Waals surface area contributed by atoms with Gasteiger partial charge in [0.15, 0.2) is 0 Å². The minimum Gasteiger partial charge on any atom is -0.309 e. The lowest BCUT2D eigenvalue weighted by Crippen LogP contribution is -1.98. The van der Waals surface area contributed by atoms with E-state index in [2.05, 4.69) is 94.1 Å². The van der Waals surface area contributed by atoms with Gasteiger partial charge in [0.05, 0.1) is 45.3 Å². The average Bonchev–Trinajstić information content (AvgIpc) is 3.57. The third-order valence-electron chi connectivity index (χ3n) is 8.16. The van der Waals surface area contributed by atoms with Crippen LogP contribution in [0.15, 0.2) is 133 Å². The molecule has 0 N–H and O–H groups in total. The molecule has 0 spiro atoms. The number of nitriles is 2. The van der Waals surface area contributed by atoms with Crippen molar-refractivity contribution in [3.63, 3.8) is 0 Å². The second-order valence-electron chi connectivity index (χ2n) is 10.5. The number of fused-ring (bicyclic) bond motifs is 6. The molecule has 42 heavy (non-hydrogen) atoms. The van der Waals surface area contributed by atoms with Crippen LogP contribution in [-0.2, 0) is 0 Å². The summed E-state index contributed by atoms with van der Waals surface area (Å²) in [4.78, 5) is 0. The molecule has 0 unspecified atom stereocenters. The number of rotatable bonds is 3. The molecule has 4 heteroatoms. The standard InChI is InChI=1S/C38H22N4/c39-23-25-19-26(21-29(20-25)42-37-15-7-3-11-33(37)34-12-4-8-16-38(34)42)30-18-17-28(22-27(30)24-40)41-35-13-5-1-9-31(35)32-10-2-6-14-36(32)41/h1-22H. The molecular weight excluding hydrogens is 512 g/mol. The average molecular weight is 535 g/mol. The van der Waals surface area contributed by atoms with E-state index in [0.29, 0.717) is 11.1 Å². The quantitative estimate of drug-likeness (QED) is 0.227. The number of nitrogens with zero attached hydrogens (tertiary/aromatic N) is 4. The van der Waals surface area contributed by atoms with E-state index in [1.165, 1.54) is 10.8 Å². The van der Waals surface area contributed by atoms with Crippen molar-refractivity contribution in [3.8, 4) is 34.6 Å². The molecule has 0 aliphatic rings. The smallest absolute Gasteiger partial charge is 0.0998 e. The zero-order valence-electron chi connectivity index (χ0n) is 22.5. The second kappa shape index (κ2) is 9.24. The first-order valence-electron chi connectivity index (χ1n) is 13.8. The molecule has 194 valence electrons. The molecule has 0 aliphatic carbocycles. The summed E-state index contributed by atoms with van der Waals surface area (Å²) in [5, 5.41) is 25.1. The summed E-state index contributed by atoms with van der Waals surface area (Å²) in [5.41, 5.74) is 8.85. The van der Waals surface area contributed by atoms with E-state index in [1.54, 1.807) is 0 Å². The van der Waals surface area contributed by atoms with E-state index in [1.807, 2.05) is 60.7 Å². The third kappa shape index (κ3) is 3.47. The molecule has 6 aromatic carbocycles. The first-order chi connectivity index (χ1) is 20.7. The van der Waals surface area contributed by atoms with Crippen molar-refractivity contribution in [1.29, 1.82) is 10.5 Å². The number of aromatic nitrogens is 2. The molecule has 8 rings (SSSR count). The van der Waals surface area contributed by atoms with Gasteiger partial charge in [0, 0.05) is 32.9 Å². The maximum Gasteiger partial charge on any atom is 0.0998 e. The van der Waals surface area contributed by atoms with Gasteiger partial charge in [-0.25, -0.2) is 0 Å².